The Kier molecular flexibility index (Phi) is 4.42. The van der Waals surface area contributed by atoms with E-state index in [0.29, 0.717) is 17.3 Å². The Labute approximate surface area is 147 Å². The molecular weight excluding hydrogens is 396 g/mol. The molecule has 0 bridgehead atoms. The Hall–Kier alpha value is -2.19. The first-order valence-electron chi connectivity index (χ1n) is 6.96. The lowest BCUT2D eigenvalue weighted by molar-refractivity contribution is 0.394. The van der Waals surface area contributed by atoms with Gasteiger partial charge >= 0.3 is 10.1 Å². The highest BCUT2D eigenvalue weighted by molar-refractivity contribution is 9.10. The molecular formula is C16H13BrN2O4S. The molecule has 0 aliphatic rings. The van der Waals surface area contributed by atoms with Crippen molar-refractivity contribution < 1.29 is 17.1 Å². The van der Waals surface area contributed by atoms with E-state index < -0.39 is 10.1 Å². The van der Waals surface area contributed by atoms with Crippen LogP contribution >= 0.6 is 15.9 Å². The summed E-state index contributed by atoms with van der Waals surface area (Å²) < 4.78 is 35.6. The molecule has 0 aliphatic heterocycles. The van der Waals surface area contributed by atoms with Gasteiger partial charge in [0.05, 0.1) is 0 Å². The van der Waals surface area contributed by atoms with Crippen molar-refractivity contribution in [1.29, 1.82) is 0 Å². The lowest BCUT2D eigenvalue weighted by Gasteiger charge is -2.08. The zero-order chi connectivity index (χ0) is 17.3. The highest BCUT2D eigenvalue weighted by Gasteiger charge is 2.17. The highest BCUT2D eigenvalue weighted by atomic mass is 79.9. The van der Waals surface area contributed by atoms with Crippen molar-refractivity contribution in [3.8, 4) is 17.1 Å². The third kappa shape index (κ3) is 3.49. The second kappa shape index (κ2) is 6.37. The maximum atomic E-state index is 12.3. The van der Waals surface area contributed by atoms with Gasteiger partial charge in [0.25, 0.3) is 0 Å². The summed E-state index contributed by atoms with van der Waals surface area (Å²) in [6.07, 6.45) is 0. The van der Waals surface area contributed by atoms with E-state index in [1.54, 1.807) is 43.3 Å². The molecule has 3 aromatic rings. The fraction of sp³-hybridized carbons (Fsp3) is 0.125. The molecule has 6 nitrogen and oxygen atoms in total. The number of hydrogen-bond donors (Lipinski definition) is 0. The van der Waals surface area contributed by atoms with Crippen LogP contribution < -0.4 is 4.18 Å². The van der Waals surface area contributed by atoms with E-state index in [9.17, 15) is 8.42 Å². The van der Waals surface area contributed by atoms with Crippen molar-refractivity contribution in [2.75, 3.05) is 0 Å². The Morgan fingerprint density at radius 3 is 2.38 bits per heavy atom. The van der Waals surface area contributed by atoms with Crippen LogP contribution in [-0.2, 0) is 10.1 Å². The maximum absolute atomic E-state index is 12.3. The molecule has 0 spiro atoms. The SMILES string of the molecule is Cc1nc(-c2ccc(OS(=O)(=O)c3ccc(Br)c(C)c3)cc2)no1. The van der Waals surface area contributed by atoms with Gasteiger partial charge in [-0.2, -0.15) is 13.4 Å². The second-order valence-corrected chi connectivity index (χ2v) is 7.51. The standard InChI is InChI=1S/C16H13BrN2O4S/c1-10-9-14(7-8-15(10)17)24(20,21)23-13-5-3-12(4-6-13)16-18-11(2)22-19-16/h3-9H,1-2H3. The molecule has 2 aromatic carbocycles. The maximum Gasteiger partial charge on any atom is 0.339 e. The van der Waals surface area contributed by atoms with Gasteiger partial charge in [0, 0.05) is 17.0 Å². The van der Waals surface area contributed by atoms with Crippen LogP contribution in [-0.4, -0.2) is 18.6 Å². The number of hydrogen-bond acceptors (Lipinski definition) is 6. The molecule has 0 saturated carbocycles. The van der Waals surface area contributed by atoms with E-state index in [0.717, 1.165) is 10.0 Å². The zero-order valence-corrected chi connectivity index (χ0v) is 15.3. The smallest absolute Gasteiger partial charge is 0.339 e. The Morgan fingerprint density at radius 1 is 1.08 bits per heavy atom. The van der Waals surface area contributed by atoms with E-state index in [1.807, 2.05) is 6.92 Å². The summed E-state index contributed by atoms with van der Waals surface area (Å²) in [4.78, 5) is 4.21. The van der Waals surface area contributed by atoms with E-state index in [-0.39, 0.29) is 10.6 Å². The largest absolute Gasteiger partial charge is 0.379 e. The molecule has 3 rings (SSSR count). The van der Waals surface area contributed by atoms with Crippen LogP contribution in [0.1, 0.15) is 11.5 Å². The molecule has 8 heteroatoms. The van der Waals surface area contributed by atoms with Gasteiger partial charge in [-0.05, 0) is 55.0 Å². The van der Waals surface area contributed by atoms with Crippen molar-refractivity contribution >= 4 is 26.0 Å². The minimum atomic E-state index is -3.90. The Bertz CT molecular complexity index is 982. The number of benzene rings is 2. The molecule has 0 amide bonds. The molecule has 0 N–H and O–H groups in total. The summed E-state index contributed by atoms with van der Waals surface area (Å²) in [5.74, 6) is 1.10. The third-order valence-electron chi connectivity index (χ3n) is 3.26. The van der Waals surface area contributed by atoms with Gasteiger partial charge in [0.2, 0.25) is 11.7 Å². The van der Waals surface area contributed by atoms with E-state index in [2.05, 4.69) is 26.1 Å². The Balaban J connectivity index is 1.83. The number of nitrogens with zero attached hydrogens (tertiary/aromatic N) is 2. The third-order valence-corrected chi connectivity index (χ3v) is 5.40. The van der Waals surface area contributed by atoms with Crippen LogP contribution in [0.4, 0.5) is 0 Å². The number of aromatic nitrogens is 2. The van der Waals surface area contributed by atoms with E-state index in [1.165, 1.54) is 6.07 Å². The average Bonchev–Trinajstić information content (AvgIpc) is 2.97. The molecule has 0 unspecified atom stereocenters. The fourth-order valence-corrected chi connectivity index (χ4v) is 3.29. The molecule has 0 radical (unpaired) electrons. The summed E-state index contributed by atoms with van der Waals surface area (Å²) in [6, 6.07) is 11.1. The van der Waals surface area contributed by atoms with Crippen LogP contribution in [0.3, 0.4) is 0 Å². The van der Waals surface area contributed by atoms with Crippen LogP contribution in [0.2, 0.25) is 0 Å². The fourth-order valence-electron chi connectivity index (χ4n) is 2.02. The minimum absolute atomic E-state index is 0.0982. The van der Waals surface area contributed by atoms with Crippen molar-refractivity contribution in [2.24, 2.45) is 0 Å². The zero-order valence-electron chi connectivity index (χ0n) is 12.9. The first kappa shape index (κ1) is 16.7. The highest BCUT2D eigenvalue weighted by Crippen LogP contribution is 2.25. The first-order chi connectivity index (χ1) is 11.3. The Morgan fingerprint density at radius 2 is 1.79 bits per heavy atom. The summed E-state index contributed by atoms with van der Waals surface area (Å²) in [6.45, 7) is 3.51. The molecule has 24 heavy (non-hydrogen) atoms. The molecule has 124 valence electrons. The van der Waals surface area contributed by atoms with Crippen molar-refractivity contribution in [3.63, 3.8) is 0 Å². The summed E-state index contributed by atoms with van der Waals surface area (Å²) in [7, 11) is -3.90. The lowest BCUT2D eigenvalue weighted by atomic mass is 10.2. The quantitative estimate of drug-likeness (QED) is 0.609. The number of aryl methyl sites for hydroxylation is 2. The van der Waals surface area contributed by atoms with Crippen LogP contribution in [0.15, 0.2) is 56.4 Å². The van der Waals surface area contributed by atoms with Gasteiger partial charge < -0.3 is 8.71 Å². The van der Waals surface area contributed by atoms with Gasteiger partial charge in [0.1, 0.15) is 10.6 Å². The predicted octanol–water partition coefficient (Wildman–Crippen LogP) is 3.88. The molecule has 0 fully saturated rings. The van der Waals surface area contributed by atoms with Crippen LogP contribution in [0.5, 0.6) is 5.75 Å². The molecule has 0 saturated heterocycles. The van der Waals surface area contributed by atoms with Crippen LogP contribution in [0, 0.1) is 13.8 Å². The van der Waals surface area contributed by atoms with Crippen molar-refractivity contribution in [1.82, 2.24) is 10.1 Å². The van der Waals surface area contributed by atoms with Gasteiger partial charge in [-0.15, -0.1) is 0 Å². The lowest BCUT2D eigenvalue weighted by Crippen LogP contribution is -2.10. The van der Waals surface area contributed by atoms with Crippen LogP contribution in [0.25, 0.3) is 11.4 Å². The predicted molar refractivity (Wildman–Crippen MR) is 91.2 cm³/mol. The number of halogens is 1. The van der Waals surface area contributed by atoms with E-state index in [4.69, 9.17) is 8.71 Å². The molecule has 0 atom stereocenters. The molecule has 1 heterocycles. The summed E-state index contributed by atoms with van der Waals surface area (Å²) in [5.41, 5.74) is 1.51. The normalized spacial score (nSPS) is 11.5. The first-order valence-corrected chi connectivity index (χ1v) is 9.17. The van der Waals surface area contributed by atoms with Gasteiger partial charge in [-0.25, -0.2) is 0 Å². The van der Waals surface area contributed by atoms with Crippen molar-refractivity contribution in [2.45, 2.75) is 18.7 Å². The minimum Gasteiger partial charge on any atom is -0.379 e. The summed E-state index contributed by atoms with van der Waals surface area (Å²) in [5, 5.41) is 3.81. The summed E-state index contributed by atoms with van der Waals surface area (Å²) >= 11 is 3.34. The molecule has 0 aliphatic carbocycles. The molecule has 1 aromatic heterocycles. The van der Waals surface area contributed by atoms with Gasteiger partial charge in [0.15, 0.2) is 0 Å². The van der Waals surface area contributed by atoms with Gasteiger partial charge in [-0.3, -0.25) is 0 Å². The topological polar surface area (TPSA) is 82.3 Å². The average molecular weight is 409 g/mol. The second-order valence-electron chi connectivity index (χ2n) is 5.11. The monoisotopic (exact) mass is 408 g/mol. The van der Waals surface area contributed by atoms with Crippen molar-refractivity contribution in [3.05, 3.63) is 58.4 Å². The van der Waals surface area contributed by atoms with E-state index >= 15 is 0 Å². The van der Waals surface area contributed by atoms with Gasteiger partial charge in [-0.1, -0.05) is 21.1 Å². The number of rotatable bonds is 4.